The molecular weight excluding hydrogens is 404 g/mol. The summed E-state index contributed by atoms with van der Waals surface area (Å²) in [6, 6.07) is 11.3. The highest BCUT2D eigenvalue weighted by molar-refractivity contribution is 5.53. The quantitative estimate of drug-likeness (QED) is 0.546. The SMILES string of the molecule is C=CCOc1c(CN2CCC(c3cc(=O)[nH]c(-c4ccncc4)n3)CC2)cccc1OC. The highest BCUT2D eigenvalue weighted by Gasteiger charge is 2.24. The average Bonchev–Trinajstić information content (AvgIpc) is 2.83. The summed E-state index contributed by atoms with van der Waals surface area (Å²) < 4.78 is 11.4. The van der Waals surface area contributed by atoms with Gasteiger partial charge in [0.15, 0.2) is 11.5 Å². The van der Waals surface area contributed by atoms with Crippen LogP contribution in [0.4, 0.5) is 0 Å². The van der Waals surface area contributed by atoms with Crippen LogP contribution in [-0.4, -0.2) is 46.7 Å². The largest absolute Gasteiger partial charge is 0.493 e. The standard InChI is InChI=1S/C25H28N4O3/c1-3-15-32-24-20(5-4-6-22(24)31-2)17-29-13-9-18(10-14-29)21-16-23(30)28-25(27-21)19-7-11-26-12-8-19/h3-8,11-12,16,18H,1,9-10,13-15,17H2,2H3,(H,27,28,30). The summed E-state index contributed by atoms with van der Waals surface area (Å²) in [6.07, 6.45) is 7.02. The molecular formula is C25H28N4O3. The first-order valence-electron chi connectivity index (χ1n) is 10.8. The van der Waals surface area contributed by atoms with Gasteiger partial charge in [-0.3, -0.25) is 14.7 Å². The molecule has 7 heteroatoms. The Morgan fingerprint density at radius 2 is 2.00 bits per heavy atom. The fraction of sp³-hybridized carbons (Fsp3) is 0.320. The first-order valence-corrected chi connectivity index (χ1v) is 10.8. The molecule has 32 heavy (non-hydrogen) atoms. The van der Waals surface area contributed by atoms with E-state index >= 15 is 0 Å². The van der Waals surface area contributed by atoms with E-state index in [1.54, 1.807) is 31.6 Å². The molecule has 1 N–H and O–H groups in total. The van der Waals surface area contributed by atoms with Gasteiger partial charge in [0.2, 0.25) is 0 Å². The molecule has 7 nitrogen and oxygen atoms in total. The Bertz CT molecular complexity index is 1110. The minimum absolute atomic E-state index is 0.121. The Morgan fingerprint density at radius 1 is 1.22 bits per heavy atom. The molecule has 3 aromatic rings. The van der Waals surface area contributed by atoms with Gasteiger partial charge < -0.3 is 14.5 Å². The number of methoxy groups -OCH3 is 1. The van der Waals surface area contributed by atoms with E-state index in [0.29, 0.717) is 12.4 Å². The van der Waals surface area contributed by atoms with Crippen molar-refractivity contribution in [2.45, 2.75) is 25.3 Å². The van der Waals surface area contributed by atoms with E-state index in [1.165, 1.54) is 0 Å². The topological polar surface area (TPSA) is 80.3 Å². The third-order valence-electron chi connectivity index (χ3n) is 5.74. The Morgan fingerprint density at radius 3 is 2.72 bits per heavy atom. The number of nitrogens with one attached hydrogen (secondary N) is 1. The maximum Gasteiger partial charge on any atom is 0.251 e. The molecule has 1 aliphatic heterocycles. The fourth-order valence-electron chi connectivity index (χ4n) is 4.11. The lowest BCUT2D eigenvalue weighted by Crippen LogP contribution is -2.33. The van der Waals surface area contributed by atoms with Crippen LogP contribution in [0.1, 0.15) is 30.0 Å². The summed E-state index contributed by atoms with van der Waals surface area (Å²) in [5, 5.41) is 0. The normalized spacial score (nSPS) is 14.8. The van der Waals surface area contributed by atoms with Crippen LogP contribution in [0.2, 0.25) is 0 Å². The summed E-state index contributed by atoms with van der Waals surface area (Å²) in [4.78, 5) is 26.3. The zero-order valence-electron chi connectivity index (χ0n) is 18.3. The lowest BCUT2D eigenvalue weighted by Gasteiger charge is -2.32. The fourth-order valence-corrected chi connectivity index (χ4v) is 4.11. The van der Waals surface area contributed by atoms with Gasteiger partial charge >= 0.3 is 0 Å². The lowest BCUT2D eigenvalue weighted by molar-refractivity contribution is 0.199. The predicted octanol–water partition coefficient (Wildman–Crippen LogP) is 3.78. The maximum atomic E-state index is 12.3. The third-order valence-corrected chi connectivity index (χ3v) is 5.74. The Labute approximate surface area is 187 Å². The van der Waals surface area contributed by atoms with Gasteiger partial charge in [-0.1, -0.05) is 24.8 Å². The van der Waals surface area contributed by atoms with Gasteiger partial charge in [0, 0.05) is 42.0 Å². The number of hydrogen-bond donors (Lipinski definition) is 1. The number of H-pyrrole nitrogens is 1. The van der Waals surface area contributed by atoms with E-state index in [1.807, 2.05) is 24.3 Å². The van der Waals surface area contributed by atoms with Gasteiger partial charge in [0.25, 0.3) is 5.56 Å². The van der Waals surface area contributed by atoms with Crippen LogP contribution in [0.5, 0.6) is 11.5 Å². The van der Waals surface area contributed by atoms with Crippen LogP contribution in [0.3, 0.4) is 0 Å². The highest BCUT2D eigenvalue weighted by Crippen LogP contribution is 2.34. The number of nitrogens with zero attached hydrogens (tertiary/aromatic N) is 3. The van der Waals surface area contributed by atoms with Gasteiger partial charge in [-0.15, -0.1) is 0 Å². The molecule has 0 radical (unpaired) electrons. The van der Waals surface area contributed by atoms with Gasteiger partial charge in [-0.05, 0) is 44.1 Å². The number of ether oxygens (including phenoxy) is 2. The minimum atomic E-state index is -0.121. The van der Waals surface area contributed by atoms with Crippen molar-refractivity contribution in [2.75, 3.05) is 26.8 Å². The Kier molecular flexibility index (Phi) is 6.97. The first kappa shape index (κ1) is 21.8. The van der Waals surface area contributed by atoms with Crippen molar-refractivity contribution < 1.29 is 9.47 Å². The van der Waals surface area contributed by atoms with E-state index in [2.05, 4.69) is 27.5 Å². The molecule has 4 rings (SSSR count). The second-order valence-corrected chi connectivity index (χ2v) is 7.85. The summed E-state index contributed by atoms with van der Waals surface area (Å²) in [5.74, 6) is 2.36. The van der Waals surface area contributed by atoms with E-state index in [4.69, 9.17) is 14.5 Å². The Hall–Kier alpha value is -3.45. The number of aromatic nitrogens is 3. The zero-order valence-corrected chi connectivity index (χ0v) is 18.3. The number of likely N-dealkylation sites (tertiary alicyclic amines) is 1. The highest BCUT2D eigenvalue weighted by atomic mass is 16.5. The van der Waals surface area contributed by atoms with Crippen LogP contribution in [-0.2, 0) is 6.54 Å². The summed E-state index contributed by atoms with van der Waals surface area (Å²) >= 11 is 0. The average molecular weight is 433 g/mol. The van der Waals surface area contributed by atoms with Crippen molar-refractivity contribution >= 4 is 0 Å². The third kappa shape index (κ3) is 5.06. The molecule has 0 amide bonds. The molecule has 166 valence electrons. The van der Waals surface area contributed by atoms with E-state index in [9.17, 15) is 4.79 Å². The van der Waals surface area contributed by atoms with E-state index < -0.39 is 0 Å². The molecule has 0 aliphatic carbocycles. The van der Waals surface area contributed by atoms with Crippen molar-refractivity contribution in [1.29, 1.82) is 0 Å². The number of para-hydroxylation sites is 1. The van der Waals surface area contributed by atoms with Gasteiger partial charge in [-0.2, -0.15) is 0 Å². The second kappa shape index (κ2) is 10.2. The number of rotatable bonds is 8. The molecule has 1 aromatic carbocycles. The molecule has 1 fully saturated rings. The zero-order chi connectivity index (χ0) is 22.3. The summed E-state index contributed by atoms with van der Waals surface area (Å²) in [7, 11) is 1.65. The molecule has 1 saturated heterocycles. The lowest BCUT2D eigenvalue weighted by atomic mass is 9.93. The van der Waals surface area contributed by atoms with Crippen LogP contribution >= 0.6 is 0 Å². The van der Waals surface area contributed by atoms with E-state index in [0.717, 1.165) is 60.8 Å². The van der Waals surface area contributed by atoms with Crippen molar-refractivity contribution in [3.63, 3.8) is 0 Å². The summed E-state index contributed by atoms with van der Waals surface area (Å²) in [6.45, 7) is 6.79. The number of hydrogen-bond acceptors (Lipinski definition) is 6. The number of aromatic amines is 1. The monoisotopic (exact) mass is 432 g/mol. The second-order valence-electron chi connectivity index (χ2n) is 7.85. The van der Waals surface area contributed by atoms with Crippen molar-refractivity contribution in [1.82, 2.24) is 19.9 Å². The van der Waals surface area contributed by atoms with Gasteiger partial charge in [-0.25, -0.2) is 4.98 Å². The molecule has 0 unspecified atom stereocenters. The van der Waals surface area contributed by atoms with Crippen molar-refractivity contribution in [3.05, 3.63) is 83.1 Å². The first-order chi connectivity index (χ1) is 15.7. The van der Waals surface area contributed by atoms with Crippen LogP contribution in [0.25, 0.3) is 11.4 Å². The number of piperidine rings is 1. The maximum absolute atomic E-state index is 12.3. The number of pyridine rings is 1. The van der Waals surface area contributed by atoms with Gasteiger partial charge in [0.1, 0.15) is 12.4 Å². The van der Waals surface area contributed by atoms with Crippen LogP contribution in [0.15, 0.2) is 66.2 Å². The molecule has 2 aromatic heterocycles. The minimum Gasteiger partial charge on any atom is -0.493 e. The predicted molar refractivity (Wildman–Crippen MR) is 124 cm³/mol. The van der Waals surface area contributed by atoms with Crippen LogP contribution in [0, 0.1) is 0 Å². The van der Waals surface area contributed by atoms with Crippen molar-refractivity contribution in [3.8, 4) is 22.9 Å². The van der Waals surface area contributed by atoms with Crippen molar-refractivity contribution in [2.24, 2.45) is 0 Å². The van der Waals surface area contributed by atoms with Crippen LogP contribution < -0.4 is 15.0 Å². The molecule has 0 atom stereocenters. The molecule has 3 heterocycles. The van der Waals surface area contributed by atoms with Gasteiger partial charge in [0.05, 0.1) is 12.8 Å². The molecule has 0 saturated carbocycles. The molecule has 0 spiro atoms. The smallest absolute Gasteiger partial charge is 0.251 e. The van der Waals surface area contributed by atoms with E-state index in [-0.39, 0.29) is 11.5 Å². The Balaban J connectivity index is 1.45. The summed E-state index contributed by atoms with van der Waals surface area (Å²) in [5.41, 5.74) is 2.70. The molecule has 1 aliphatic rings. The number of benzene rings is 1. The molecule has 0 bridgehead atoms.